The van der Waals surface area contributed by atoms with E-state index in [2.05, 4.69) is 9.97 Å². The molecule has 1 aliphatic rings. The van der Waals surface area contributed by atoms with Crippen molar-refractivity contribution >= 4 is 20.9 Å². The highest BCUT2D eigenvalue weighted by atomic mass is 32.2. The minimum absolute atomic E-state index is 0.205. The van der Waals surface area contributed by atoms with Gasteiger partial charge in [0.1, 0.15) is 11.5 Å². The second-order valence-corrected chi connectivity index (χ2v) is 8.51. The van der Waals surface area contributed by atoms with E-state index in [9.17, 15) is 17.6 Å². The first-order valence-corrected chi connectivity index (χ1v) is 10.1. The monoisotopic (exact) mass is 373 g/mol. The van der Waals surface area contributed by atoms with E-state index >= 15 is 0 Å². The molecule has 6 nitrogen and oxygen atoms in total. The first kappa shape index (κ1) is 16.8. The van der Waals surface area contributed by atoms with Gasteiger partial charge in [0.15, 0.2) is 0 Å². The lowest BCUT2D eigenvalue weighted by Gasteiger charge is -2.13. The Labute approximate surface area is 149 Å². The number of hydrogen-bond acceptors (Lipinski definition) is 5. The van der Waals surface area contributed by atoms with Crippen LogP contribution in [-0.2, 0) is 16.4 Å². The molecule has 4 rings (SSSR count). The zero-order valence-corrected chi connectivity index (χ0v) is 14.8. The molecule has 0 saturated heterocycles. The zero-order valence-electron chi connectivity index (χ0n) is 14.0. The molecule has 2 aromatic heterocycles. The maximum atomic E-state index is 14.2. The number of benzene rings is 1. The molecular formula is C18H16FN3O3S. The molecule has 1 aliphatic carbocycles. The van der Waals surface area contributed by atoms with Crippen molar-refractivity contribution in [1.82, 2.24) is 14.5 Å². The largest absolute Gasteiger partial charge is 0.292 e. The van der Waals surface area contributed by atoms with Crippen LogP contribution in [0.2, 0.25) is 0 Å². The highest BCUT2D eigenvalue weighted by Crippen LogP contribution is 2.31. The summed E-state index contributed by atoms with van der Waals surface area (Å²) in [4.78, 5) is 21.1. The molecule has 0 atom stereocenters. The first-order valence-electron chi connectivity index (χ1n) is 8.20. The van der Waals surface area contributed by atoms with E-state index in [1.165, 1.54) is 22.9 Å². The second kappa shape index (κ2) is 5.98. The third-order valence-corrected chi connectivity index (χ3v) is 5.30. The van der Waals surface area contributed by atoms with Crippen molar-refractivity contribution in [2.24, 2.45) is 5.92 Å². The van der Waals surface area contributed by atoms with E-state index in [0.29, 0.717) is 17.8 Å². The fourth-order valence-electron chi connectivity index (χ4n) is 2.92. The van der Waals surface area contributed by atoms with Crippen LogP contribution in [0, 0.1) is 11.7 Å². The fraction of sp³-hybridized carbons (Fsp3) is 0.278. The number of nitrogens with zero attached hydrogens (tertiary/aromatic N) is 3. The van der Waals surface area contributed by atoms with Gasteiger partial charge in [-0.15, -0.1) is 0 Å². The predicted molar refractivity (Wildman–Crippen MR) is 95.0 cm³/mol. The molecule has 26 heavy (non-hydrogen) atoms. The minimum Gasteiger partial charge on any atom is -0.292 e. The normalized spacial score (nSPS) is 14.7. The number of sulfone groups is 1. The van der Waals surface area contributed by atoms with Crippen molar-refractivity contribution in [3.63, 3.8) is 0 Å². The smallest absolute Gasteiger partial charge is 0.260 e. The van der Waals surface area contributed by atoms with E-state index in [1.807, 2.05) is 0 Å². The molecule has 1 aromatic carbocycles. The molecule has 134 valence electrons. The third kappa shape index (κ3) is 3.01. The van der Waals surface area contributed by atoms with Crippen molar-refractivity contribution in [3.05, 3.63) is 52.7 Å². The van der Waals surface area contributed by atoms with E-state index in [-0.39, 0.29) is 27.5 Å². The van der Waals surface area contributed by atoms with Crippen LogP contribution in [0.5, 0.6) is 0 Å². The Morgan fingerprint density at radius 1 is 1.23 bits per heavy atom. The summed E-state index contributed by atoms with van der Waals surface area (Å²) in [6.45, 7) is 0.428. The second-order valence-electron chi connectivity index (χ2n) is 6.60. The lowest BCUT2D eigenvalue weighted by Crippen LogP contribution is -2.24. The summed E-state index contributed by atoms with van der Waals surface area (Å²) in [5, 5.41) is 0.170. The molecular weight excluding hydrogens is 357 g/mol. The van der Waals surface area contributed by atoms with Gasteiger partial charge in [-0.1, -0.05) is 18.2 Å². The molecule has 2 heterocycles. The quantitative estimate of drug-likeness (QED) is 0.656. The molecule has 1 fully saturated rings. The fourth-order valence-corrected chi connectivity index (χ4v) is 3.42. The van der Waals surface area contributed by atoms with Gasteiger partial charge in [0, 0.05) is 29.9 Å². The van der Waals surface area contributed by atoms with E-state index in [0.717, 1.165) is 19.1 Å². The Morgan fingerprint density at radius 2 is 1.96 bits per heavy atom. The highest BCUT2D eigenvalue weighted by molar-refractivity contribution is 7.90. The van der Waals surface area contributed by atoms with Crippen molar-refractivity contribution < 1.29 is 12.8 Å². The SMILES string of the molecule is CS(=O)(=O)c1ncc2cc(-c3ccccc3F)c(=O)n(CC3CC3)c2n1. The topological polar surface area (TPSA) is 81.9 Å². The van der Waals surface area contributed by atoms with Crippen LogP contribution in [0.4, 0.5) is 4.39 Å². The van der Waals surface area contributed by atoms with E-state index < -0.39 is 15.7 Å². The van der Waals surface area contributed by atoms with Gasteiger partial charge in [-0.25, -0.2) is 17.8 Å². The van der Waals surface area contributed by atoms with Crippen molar-refractivity contribution in [1.29, 1.82) is 0 Å². The Balaban J connectivity index is 2.03. The van der Waals surface area contributed by atoms with Gasteiger partial charge in [-0.2, -0.15) is 4.98 Å². The molecule has 1 saturated carbocycles. The van der Waals surface area contributed by atoms with Crippen LogP contribution in [0.3, 0.4) is 0 Å². The van der Waals surface area contributed by atoms with E-state index in [1.54, 1.807) is 18.2 Å². The van der Waals surface area contributed by atoms with Crippen LogP contribution < -0.4 is 5.56 Å². The number of hydrogen-bond donors (Lipinski definition) is 0. The molecule has 0 N–H and O–H groups in total. The van der Waals surface area contributed by atoms with Gasteiger partial charge in [-0.3, -0.25) is 9.36 Å². The maximum Gasteiger partial charge on any atom is 0.260 e. The van der Waals surface area contributed by atoms with Gasteiger partial charge in [0.2, 0.25) is 15.0 Å². The Morgan fingerprint density at radius 3 is 2.62 bits per heavy atom. The van der Waals surface area contributed by atoms with Gasteiger partial charge in [0.05, 0.1) is 5.56 Å². The van der Waals surface area contributed by atoms with E-state index in [4.69, 9.17) is 0 Å². The summed E-state index contributed by atoms with van der Waals surface area (Å²) in [5.41, 5.74) is 0.299. The number of aromatic nitrogens is 3. The zero-order chi connectivity index (χ0) is 18.5. The summed E-state index contributed by atoms with van der Waals surface area (Å²) < 4.78 is 39.2. The average molecular weight is 373 g/mol. The minimum atomic E-state index is -3.60. The molecule has 8 heteroatoms. The van der Waals surface area contributed by atoms with Crippen molar-refractivity contribution in [3.8, 4) is 11.1 Å². The average Bonchev–Trinajstić information content (AvgIpc) is 3.41. The Kier molecular flexibility index (Phi) is 3.87. The van der Waals surface area contributed by atoms with Gasteiger partial charge in [-0.05, 0) is 30.9 Å². The van der Waals surface area contributed by atoms with Gasteiger partial charge < -0.3 is 0 Å². The van der Waals surface area contributed by atoms with Gasteiger partial charge >= 0.3 is 0 Å². The molecule has 3 aromatic rings. The maximum absolute atomic E-state index is 14.2. The van der Waals surface area contributed by atoms with Crippen LogP contribution >= 0.6 is 0 Å². The third-order valence-electron chi connectivity index (χ3n) is 4.44. The highest BCUT2D eigenvalue weighted by Gasteiger charge is 2.25. The molecule has 0 amide bonds. The lowest BCUT2D eigenvalue weighted by molar-refractivity contribution is 0.590. The molecule has 0 aliphatic heterocycles. The van der Waals surface area contributed by atoms with Gasteiger partial charge in [0.25, 0.3) is 5.56 Å². The predicted octanol–water partition coefficient (Wildman–Crippen LogP) is 2.41. The molecule has 0 bridgehead atoms. The summed E-state index contributed by atoms with van der Waals surface area (Å²) in [6, 6.07) is 7.59. The van der Waals surface area contributed by atoms with Crippen molar-refractivity contribution in [2.75, 3.05) is 6.26 Å². The van der Waals surface area contributed by atoms with Crippen LogP contribution in [0.25, 0.3) is 22.2 Å². The number of rotatable bonds is 4. The summed E-state index contributed by atoms with van der Waals surface area (Å²) in [6.07, 6.45) is 4.39. The molecule has 0 radical (unpaired) electrons. The molecule has 0 unspecified atom stereocenters. The Bertz CT molecular complexity index is 1180. The number of pyridine rings is 1. The van der Waals surface area contributed by atoms with Crippen molar-refractivity contribution in [2.45, 2.75) is 24.5 Å². The number of fused-ring (bicyclic) bond motifs is 1. The summed E-state index contributed by atoms with van der Waals surface area (Å²) in [7, 11) is -3.60. The number of halogens is 1. The first-order chi connectivity index (χ1) is 12.3. The summed E-state index contributed by atoms with van der Waals surface area (Å²) in [5.74, 6) is -0.140. The lowest BCUT2D eigenvalue weighted by atomic mass is 10.1. The van der Waals surface area contributed by atoms with Crippen LogP contribution in [-0.4, -0.2) is 29.2 Å². The Hall–Kier alpha value is -2.61. The van der Waals surface area contributed by atoms with Crippen LogP contribution in [0.15, 0.2) is 46.5 Å². The standard InChI is InChI=1S/C18H16FN3O3S/c1-26(24,25)18-20-9-12-8-14(13-4-2-3-5-15(13)19)17(23)22(16(12)21-18)10-11-6-7-11/h2-5,8-9,11H,6-7,10H2,1H3. The molecule has 0 spiro atoms. The van der Waals surface area contributed by atoms with Crippen LogP contribution in [0.1, 0.15) is 12.8 Å². The summed E-state index contributed by atoms with van der Waals surface area (Å²) >= 11 is 0.